The maximum Gasteiger partial charge on any atom is 0.274 e. The van der Waals surface area contributed by atoms with Gasteiger partial charge in [-0.1, -0.05) is 48.0 Å². The molecule has 2 N–H and O–H groups in total. The molecule has 0 fully saturated rings. The second kappa shape index (κ2) is 10.6. The van der Waals surface area contributed by atoms with Crippen LogP contribution in [0.5, 0.6) is 5.75 Å². The second-order valence-electron chi connectivity index (χ2n) is 7.39. The van der Waals surface area contributed by atoms with E-state index in [1.807, 2.05) is 30.3 Å². The first-order valence-corrected chi connectivity index (χ1v) is 12.0. The van der Waals surface area contributed by atoms with Crippen molar-refractivity contribution in [3.8, 4) is 5.75 Å². The van der Waals surface area contributed by atoms with Crippen molar-refractivity contribution >= 4 is 38.9 Å². The van der Waals surface area contributed by atoms with Gasteiger partial charge in [0.15, 0.2) is 6.61 Å². The molecule has 3 aromatic rings. The van der Waals surface area contributed by atoms with Crippen LogP contribution in [0.15, 0.2) is 71.6 Å². The zero-order valence-corrected chi connectivity index (χ0v) is 19.9. The molecule has 0 spiro atoms. The molecule has 1 amide bonds. The minimum atomic E-state index is -3.86. The van der Waals surface area contributed by atoms with Crippen LogP contribution in [0.3, 0.4) is 0 Å². The molecule has 178 valence electrons. The lowest BCUT2D eigenvalue weighted by Gasteiger charge is -2.15. The number of amides is 1. The van der Waals surface area contributed by atoms with E-state index in [1.54, 1.807) is 6.92 Å². The molecular formula is C23H22ClN3O6S. The highest BCUT2D eigenvalue weighted by Crippen LogP contribution is 2.29. The normalized spacial score (nSPS) is 12.1. The lowest BCUT2D eigenvalue weighted by atomic mass is 10.1. The topological polar surface area (TPSA) is 128 Å². The fourth-order valence-corrected chi connectivity index (χ4v) is 4.72. The van der Waals surface area contributed by atoms with Crippen LogP contribution in [-0.2, 0) is 14.8 Å². The smallest absolute Gasteiger partial charge is 0.274 e. The molecule has 34 heavy (non-hydrogen) atoms. The number of anilines is 1. The first-order chi connectivity index (χ1) is 16.1. The molecular weight excluding hydrogens is 482 g/mol. The standard InChI is InChI=1S/C23H22ClN3O6S/c1-15-20(9-6-10-21(15)27(29)30)25-23(28)14-33-22-12-11-18(13-19(22)24)34(31,32)26-16(2)17-7-4-3-5-8-17/h3-13,16,26H,14H2,1-2H3,(H,25,28)/t16-/m1/s1. The number of hydrogen-bond acceptors (Lipinski definition) is 6. The summed E-state index contributed by atoms with van der Waals surface area (Å²) in [7, 11) is -3.86. The van der Waals surface area contributed by atoms with Gasteiger partial charge >= 0.3 is 0 Å². The highest BCUT2D eigenvalue weighted by Gasteiger charge is 2.20. The number of halogens is 1. The molecule has 3 rings (SSSR count). The van der Waals surface area contributed by atoms with Crippen molar-refractivity contribution in [2.75, 3.05) is 11.9 Å². The number of carbonyl (C=O) groups excluding carboxylic acids is 1. The Balaban J connectivity index is 1.65. The van der Waals surface area contributed by atoms with Crippen LogP contribution in [0.2, 0.25) is 5.02 Å². The third-order valence-electron chi connectivity index (χ3n) is 4.98. The SMILES string of the molecule is Cc1c(NC(=O)COc2ccc(S(=O)(=O)N[C@H](C)c3ccccc3)cc2Cl)cccc1[N+](=O)[O-]. The van der Waals surface area contributed by atoms with Crippen molar-refractivity contribution in [2.24, 2.45) is 0 Å². The minimum Gasteiger partial charge on any atom is -0.482 e. The predicted molar refractivity (Wildman–Crippen MR) is 129 cm³/mol. The Morgan fingerprint density at radius 1 is 1.12 bits per heavy atom. The summed E-state index contributed by atoms with van der Waals surface area (Å²) in [4.78, 5) is 22.7. The molecule has 9 nitrogen and oxygen atoms in total. The van der Waals surface area contributed by atoms with Crippen LogP contribution in [0.25, 0.3) is 0 Å². The first kappa shape index (κ1) is 25.2. The quantitative estimate of drug-likeness (QED) is 0.324. The van der Waals surface area contributed by atoms with Gasteiger partial charge in [-0.15, -0.1) is 0 Å². The zero-order chi connectivity index (χ0) is 24.9. The number of nitrogens with one attached hydrogen (secondary N) is 2. The van der Waals surface area contributed by atoms with Crippen LogP contribution in [-0.4, -0.2) is 25.9 Å². The van der Waals surface area contributed by atoms with Gasteiger partial charge in [0.1, 0.15) is 5.75 Å². The average Bonchev–Trinajstić information content (AvgIpc) is 2.79. The van der Waals surface area contributed by atoms with E-state index in [4.69, 9.17) is 16.3 Å². The molecule has 0 saturated heterocycles. The van der Waals surface area contributed by atoms with Crippen LogP contribution in [0, 0.1) is 17.0 Å². The number of sulfonamides is 1. The fraction of sp³-hybridized carbons (Fsp3) is 0.174. The first-order valence-electron chi connectivity index (χ1n) is 10.1. The van der Waals surface area contributed by atoms with Gasteiger partial charge in [-0.2, -0.15) is 0 Å². The van der Waals surface area contributed by atoms with E-state index in [2.05, 4.69) is 10.0 Å². The number of carbonyl (C=O) groups is 1. The summed E-state index contributed by atoms with van der Waals surface area (Å²) in [5.74, 6) is -0.447. The molecule has 0 aliphatic heterocycles. The van der Waals surface area contributed by atoms with Crippen LogP contribution in [0.1, 0.15) is 24.1 Å². The van der Waals surface area contributed by atoms with Gasteiger partial charge in [0.25, 0.3) is 11.6 Å². The molecule has 0 aliphatic rings. The van der Waals surface area contributed by atoms with Crippen LogP contribution in [0.4, 0.5) is 11.4 Å². The molecule has 0 bridgehead atoms. The summed E-state index contributed by atoms with van der Waals surface area (Å²) >= 11 is 6.19. The summed E-state index contributed by atoms with van der Waals surface area (Å²) in [6, 6.07) is 16.9. The van der Waals surface area contributed by atoms with Crippen molar-refractivity contribution in [3.05, 3.63) is 93.0 Å². The summed E-state index contributed by atoms with van der Waals surface area (Å²) in [5, 5.41) is 13.6. The van der Waals surface area contributed by atoms with Crippen molar-refractivity contribution in [3.63, 3.8) is 0 Å². The van der Waals surface area contributed by atoms with Gasteiger partial charge < -0.3 is 10.1 Å². The van der Waals surface area contributed by atoms with Gasteiger partial charge in [-0.05, 0) is 43.7 Å². The molecule has 0 unspecified atom stereocenters. The molecule has 0 aromatic heterocycles. The Labute approximate surface area is 201 Å². The molecule has 0 heterocycles. The molecule has 1 atom stereocenters. The Bertz CT molecular complexity index is 1320. The maximum absolute atomic E-state index is 12.7. The lowest BCUT2D eigenvalue weighted by Crippen LogP contribution is -2.27. The van der Waals surface area contributed by atoms with E-state index in [9.17, 15) is 23.3 Å². The molecule has 11 heteroatoms. The third-order valence-corrected chi connectivity index (χ3v) is 6.81. The van der Waals surface area contributed by atoms with Gasteiger partial charge in [-0.25, -0.2) is 13.1 Å². The Kier molecular flexibility index (Phi) is 7.87. The Morgan fingerprint density at radius 3 is 2.47 bits per heavy atom. The largest absolute Gasteiger partial charge is 0.482 e. The maximum atomic E-state index is 12.7. The monoisotopic (exact) mass is 503 g/mol. The van der Waals surface area contributed by atoms with E-state index in [0.717, 1.165) is 5.56 Å². The average molecular weight is 504 g/mol. The van der Waals surface area contributed by atoms with E-state index in [-0.39, 0.29) is 27.0 Å². The lowest BCUT2D eigenvalue weighted by molar-refractivity contribution is -0.385. The van der Waals surface area contributed by atoms with Gasteiger partial charge in [0, 0.05) is 12.1 Å². The molecule has 0 radical (unpaired) electrons. The number of ether oxygens (including phenoxy) is 1. The van der Waals surface area contributed by atoms with E-state index >= 15 is 0 Å². The third kappa shape index (κ3) is 6.10. The number of benzene rings is 3. The minimum absolute atomic E-state index is 0.00886. The predicted octanol–water partition coefficient (Wildman–Crippen LogP) is 4.61. The fourth-order valence-electron chi connectivity index (χ4n) is 3.16. The summed E-state index contributed by atoms with van der Waals surface area (Å²) < 4.78 is 33.5. The molecule has 3 aromatic carbocycles. The number of nitro groups is 1. The van der Waals surface area contributed by atoms with Crippen LogP contribution < -0.4 is 14.8 Å². The van der Waals surface area contributed by atoms with Gasteiger partial charge in [0.05, 0.1) is 26.1 Å². The molecule has 0 saturated carbocycles. The highest BCUT2D eigenvalue weighted by atomic mass is 35.5. The van der Waals surface area contributed by atoms with E-state index in [0.29, 0.717) is 5.56 Å². The summed E-state index contributed by atoms with van der Waals surface area (Å²) in [6.45, 7) is 2.82. The van der Waals surface area contributed by atoms with Gasteiger partial charge in [-0.3, -0.25) is 14.9 Å². The van der Waals surface area contributed by atoms with Crippen molar-refractivity contribution < 1.29 is 22.9 Å². The van der Waals surface area contributed by atoms with E-state index < -0.39 is 33.5 Å². The van der Waals surface area contributed by atoms with Crippen molar-refractivity contribution in [1.29, 1.82) is 0 Å². The highest BCUT2D eigenvalue weighted by molar-refractivity contribution is 7.89. The number of nitro benzene ring substituents is 1. The van der Waals surface area contributed by atoms with Gasteiger partial charge in [0.2, 0.25) is 10.0 Å². The number of rotatable bonds is 9. The van der Waals surface area contributed by atoms with Crippen LogP contribution >= 0.6 is 11.6 Å². The zero-order valence-electron chi connectivity index (χ0n) is 18.3. The number of nitrogens with zero attached hydrogens (tertiary/aromatic N) is 1. The summed E-state index contributed by atoms with van der Waals surface area (Å²) in [5.41, 5.74) is 1.29. The molecule has 0 aliphatic carbocycles. The van der Waals surface area contributed by atoms with E-state index in [1.165, 1.54) is 43.3 Å². The van der Waals surface area contributed by atoms with Crippen molar-refractivity contribution in [1.82, 2.24) is 4.72 Å². The second-order valence-corrected chi connectivity index (χ2v) is 9.51. The summed E-state index contributed by atoms with van der Waals surface area (Å²) in [6.07, 6.45) is 0. The Hall–Kier alpha value is -3.47. The number of hydrogen-bond donors (Lipinski definition) is 2. The Morgan fingerprint density at radius 2 is 1.82 bits per heavy atom. The van der Waals surface area contributed by atoms with Crippen molar-refractivity contribution in [2.45, 2.75) is 24.8 Å².